The molecule has 3 atom stereocenters. The molecule has 1 N–H and O–H groups in total. The minimum atomic E-state index is -4.24. The molecule has 1 aliphatic rings. The van der Waals surface area contributed by atoms with Crippen molar-refractivity contribution >= 4 is 68.3 Å². The minimum absolute atomic E-state index is 0.328. The number of nitrogens with zero attached hydrogens (tertiary/aromatic N) is 2. The number of hydrazine groups is 1. The molecule has 1 aromatic carbocycles. The Hall–Kier alpha value is -0.350. The van der Waals surface area contributed by atoms with Crippen LogP contribution in [0.15, 0.2) is 42.6 Å². The van der Waals surface area contributed by atoms with E-state index < -0.39 is 26.2 Å². The van der Waals surface area contributed by atoms with Crippen molar-refractivity contribution in [2.45, 2.75) is 22.3 Å². The summed E-state index contributed by atoms with van der Waals surface area (Å²) < 4.78 is 27.5. The van der Waals surface area contributed by atoms with Gasteiger partial charge < -0.3 is 0 Å². The molecule has 2 heterocycles. The first-order valence-electron chi connectivity index (χ1n) is 7.83. The zero-order valence-electron chi connectivity index (χ0n) is 14.2. The smallest absolute Gasteiger partial charge is 0.253 e. The van der Waals surface area contributed by atoms with E-state index in [0.717, 1.165) is 11.1 Å². The van der Waals surface area contributed by atoms with Gasteiger partial charge in [0.1, 0.15) is 11.8 Å². The van der Waals surface area contributed by atoms with Crippen molar-refractivity contribution in [3.8, 4) is 0 Å². The summed E-state index contributed by atoms with van der Waals surface area (Å²) in [7, 11) is -4.24. The Balaban J connectivity index is 1.90. The van der Waals surface area contributed by atoms with Crippen LogP contribution in [0.3, 0.4) is 0 Å². The summed E-state index contributed by atoms with van der Waals surface area (Å²) in [5.41, 5.74) is 0.841. The monoisotopic (exact) mass is 503 g/mol. The van der Waals surface area contributed by atoms with Gasteiger partial charge in [0, 0.05) is 11.2 Å². The van der Waals surface area contributed by atoms with Gasteiger partial charge in [0.05, 0.1) is 11.6 Å². The number of nitrogens with one attached hydrogen (secondary N) is 1. The molecule has 12 heteroatoms. The number of halogens is 5. The van der Waals surface area contributed by atoms with E-state index in [2.05, 4.69) is 9.82 Å². The molecule has 3 rings (SSSR count). The van der Waals surface area contributed by atoms with Crippen molar-refractivity contribution in [3.63, 3.8) is 0 Å². The van der Waals surface area contributed by atoms with Gasteiger partial charge in [0.2, 0.25) is 3.79 Å². The standard InChI is InChI=1S/C16H14Cl5N3O3S/c1-15(11-4-7-13(18)22-8-11)14(10-2-5-12(17)6-3-10)24(15)23-28(25,26)27-9-16(19,20)21/h2-8,14,23H,9H2,1H3/t14-,15-,24?/m1/s1. The van der Waals surface area contributed by atoms with Gasteiger partial charge in [-0.1, -0.05) is 76.2 Å². The topological polar surface area (TPSA) is 71.3 Å². The largest absolute Gasteiger partial charge is 0.349 e. The Morgan fingerprint density at radius 3 is 2.36 bits per heavy atom. The lowest BCUT2D eigenvalue weighted by molar-refractivity contribution is 0.285. The highest BCUT2D eigenvalue weighted by Gasteiger charge is 2.63. The van der Waals surface area contributed by atoms with Crippen molar-refractivity contribution in [2.24, 2.45) is 0 Å². The second-order valence-corrected chi connectivity index (χ2v) is 10.9. The zero-order chi connectivity index (χ0) is 20.7. The molecule has 0 aliphatic carbocycles. The predicted octanol–water partition coefficient (Wildman–Crippen LogP) is 4.80. The molecule has 2 aromatic rings. The third-order valence-electron chi connectivity index (χ3n) is 4.31. The average molecular weight is 506 g/mol. The lowest BCUT2D eigenvalue weighted by Gasteiger charge is -2.15. The molecular weight excluding hydrogens is 492 g/mol. The van der Waals surface area contributed by atoms with Crippen LogP contribution < -0.4 is 4.83 Å². The Bertz CT molecular complexity index is 951. The molecular formula is C16H14Cl5N3O3S. The van der Waals surface area contributed by atoms with Gasteiger partial charge in [-0.2, -0.15) is 8.42 Å². The van der Waals surface area contributed by atoms with Crippen LogP contribution in [0.2, 0.25) is 10.2 Å². The molecule has 1 aliphatic heterocycles. The first kappa shape index (κ1) is 22.3. The summed E-state index contributed by atoms with van der Waals surface area (Å²) in [6, 6.07) is 10.1. The highest BCUT2D eigenvalue weighted by Crippen LogP contribution is 2.58. The summed E-state index contributed by atoms with van der Waals surface area (Å²) in [4.78, 5) is 6.47. The SMILES string of the molecule is C[C@@]1(c2ccc(Cl)nc2)[C@@H](c2ccc(Cl)cc2)N1NS(=O)(=O)OCC(Cl)(Cl)Cl. The van der Waals surface area contributed by atoms with Gasteiger partial charge in [0.25, 0.3) is 0 Å². The molecule has 0 radical (unpaired) electrons. The Kier molecular flexibility index (Phi) is 6.43. The van der Waals surface area contributed by atoms with E-state index in [1.54, 1.807) is 30.5 Å². The third kappa shape index (κ3) is 5.03. The lowest BCUT2D eigenvalue weighted by Crippen LogP contribution is -2.35. The Morgan fingerprint density at radius 2 is 1.82 bits per heavy atom. The molecule has 6 nitrogen and oxygen atoms in total. The summed E-state index contributed by atoms with van der Waals surface area (Å²) in [6.07, 6.45) is 1.59. The molecule has 1 saturated heterocycles. The van der Waals surface area contributed by atoms with Gasteiger partial charge in [-0.3, -0.25) is 4.18 Å². The van der Waals surface area contributed by atoms with E-state index in [1.807, 2.05) is 19.1 Å². The summed E-state index contributed by atoms with van der Waals surface area (Å²) >= 11 is 28.5. The van der Waals surface area contributed by atoms with Crippen LogP contribution in [0, 0.1) is 0 Å². The van der Waals surface area contributed by atoms with Gasteiger partial charge in [-0.05, 0) is 36.2 Å². The van der Waals surface area contributed by atoms with Crippen LogP contribution in [0.1, 0.15) is 24.1 Å². The molecule has 1 fully saturated rings. The maximum atomic E-state index is 12.3. The van der Waals surface area contributed by atoms with E-state index in [0.29, 0.717) is 10.2 Å². The first-order chi connectivity index (χ1) is 12.9. The number of benzene rings is 1. The molecule has 1 unspecified atom stereocenters. The highest BCUT2D eigenvalue weighted by molar-refractivity contribution is 7.84. The normalized spacial score (nSPS) is 24.9. The molecule has 0 amide bonds. The fourth-order valence-electron chi connectivity index (χ4n) is 2.92. The third-order valence-corrected chi connectivity index (χ3v) is 5.96. The number of hydrogen-bond acceptors (Lipinski definition) is 5. The highest BCUT2D eigenvalue weighted by atomic mass is 35.6. The summed E-state index contributed by atoms with van der Waals surface area (Å²) in [6.45, 7) is 1.22. The lowest BCUT2D eigenvalue weighted by atomic mass is 9.95. The number of aromatic nitrogens is 1. The Morgan fingerprint density at radius 1 is 1.18 bits per heavy atom. The van der Waals surface area contributed by atoms with Crippen LogP contribution in [0.4, 0.5) is 0 Å². The van der Waals surface area contributed by atoms with Crippen LogP contribution in [-0.2, 0) is 20.0 Å². The number of pyridine rings is 1. The fraction of sp³-hybridized carbons (Fsp3) is 0.312. The quantitative estimate of drug-likeness (QED) is 0.347. The molecule has 0 saturated carbocycles. The zero-order valence-corrected chi connectivity index (χ0v) is 18.8. The van der Waals surface area contributed by atoms with Crippen LogP contribution >= 0.6 is 58.0 Å². The molecule has 1 aromatic heterocycles. The number of rotatable bonds is 6. The maximum Gasteiger partial charge on any atom is 0.349 e. The Labute approximate surface area is 187 Å². The van der Waals surface area contributed by atoms with Gasteiger partial charge in [-0.15, -0.1) is 4.83 Å². The number of alkyl halides is 3. The van der Waals surface area contributed by atoms with E-state index in [-0.39, 0.29) is 6.04 Å². The second kappa shape index (κ2) is 8.06. The molecule has 152 valence electrons. The van der Waals surface area contributed by atoms with Gasteiger partial charge in [0.15, 0.2) is 0 Å². The average Bonchev–Trinajstić information content (AvgIpc) is 3.18. The van der Waals surface area contributed by atoms with E-state index in [9.17, 15) is 8.42 Å². The minimum Gasteiger partial charge on any atom is -0.253 e. The second-order valence-electron chi connectivity index (χ2n) is 6.26. The van der Waals surface area contributed by atoms with Crippen molar-refractivity contribution in [3.05, 3.63) is 63.9 Å². The summed E-state index contributed by atoms with van der Waals surface area (Å²) in [5, 5.41) is 2.40. The number of hydrogen-bond donors (Lipinski definition) is 1. The first-order valence-corrected chi connectivity index (χ1v) is 11.1. The molecule has 0 bridgehead atoms. The molecule has 28 heavy (non-hydrogen) atoms. The predicted molar refractivity (Wildman–Crippen MR) is 111 cm³/mol. The van der Waals surface area contributed by atoms with Crippen molar-refractivity contribution in [1.29, 1.82) is 0 Å². The van der Waals surface area contributed by atoms with E-state index >= 15 is 0 Å². The van der Waals surface area contributed by atoms with Crippen molar-refractivity contribution in [1.82, 2.24) is 14.8 Å². The van der Waals surface area contributed by atoms with Gasteiger partial charge >= 0.3 is 10.3 Å². The maximum absolute atomic E-state index is 12.3. The van der Waals surface area contributed by atoms with E-state index in [4.69, 9.17) is 62.2 Å². The molecule has 0 spiro atoms. The van der Waals surface area contributed by atoms with Crippen LogP contribution in [0.25, 0.3) is 0 Å². The summed E-state index contributed by atoms with van der Waals surface area (Å²) in [5.74, 6) is 0. The fourth-order valence-corrected chi connectivity index (χ4v) is 4.43. The van der Waals surface area contributed by atoms with Crippen molar-refractivity contribution in [2.75, 3.05) is 6.61 Å². The van der Waals surface area contributed by atoms with Crippen LogP contribution in [0.5, 0.6) is 0 Å². The van der Waals surface area contributed by atoms with Gasteiger partial charge in [-0.25, -0.2) is 9.99 Å². The van der Waals surface area contributed by atoms with E-state index in [1.165, 1.54) is 5.01 Å². The van der Waals surface area contributed by atoms with Crippen molar-refractivity contribution < 1.29 is 12.6 Å². The van der Waals surface area contributed by atoms with Crippen LogP contribution in [-0.4, -0.2) is 28.8 Å².